The molecule has 0 bridgehead atoms. The monoisotopic (exact) mass is 597 g/mol. The zero-order chi connectivity index (χ0) is 30.5. The van der Waals surface area contributed by atoms with Gasteiger partial charge in [0.15, 0.2) is 5.54 Å². The second kappa shape index (κ2) is 10.7. The number of carbonyl (C=O) groups excluding carboxylic acids is 3. The number of amides is 4. The molecule has 2 saturated heterocycles. The van der Waals surface area contributed by atoms with Crippen molar-refractivity contribution in [2.75, 3.05) is 50.2 Å². The van der Waals surface area contributed by atoms with Crippen LogP contribution in [-0.4, -0.2) is 88.8 Å². The Balaban J connectivity index is 1.14. The van der Waals surface area contributed by atoms with Crippen molar-refractivity contribution in [2.45, 2.75) is 29.8 Å². The van der Waals surface area contributed by atoms with Gasteiger partial charge in [0.2, 0.25) is 11.8 Å². The van der Waals surface area contributed by atoms with Crippen molar-refractivity contribution in [2.24, 2.45) is 0 Å². The van der Waals surface area contributed by atoms with Gasteiger partial charge in [-0.05, 0) is 47.7 Å². The second-order valence-corrected chi connectivity index (χ2v) is 11.7. The molecule has 2 fully saturated rings. The topological polar surface area (TPSA) is 150 Å². The number of nitrogens with one attached hydrogen (secondary N) is 2. The number of carbonyl (C=O) groups is 4. The Bertz CT molecular complexity index is 1660. The number of hydrogen-bond acceptors (Lipinski definition) is 7. The third-order valence-corrected chi connectivity index (χ3v) is 9.15. The number of fused-ring (bicyclic) bond motifs is 3. The number of ether oxygens (including phenoxy) is 2. The van der Waals surface area contributed by atoms with Crippen LogP contribution in [0.25, 0.3) is 0 Å². The van der Waals surface area contributed by atoms with Gasteiger partial charge in [0.05, 0.1) is 37.9 Å². The number of piperazine rings is 1. The molecule has 0 saturated carbocycles. The molecule has 1 aromatic heterocycles. The number of rotatable bonds is 4. The molecule has 0 radical (unpaired) electrons. The molecule has 44 heavy (non-hydrogen) atoms. The van der Waals surface area contributed by atoms with Crippen LogP contribution >= 0.6 is 0 Å². The molecule has 12 nitrogen and oxygen atoms in total. The predicted molar refractivity (Wildman–Crippen MR) is 157 cm³/mol. The van der Waals surface area contributed by atoms with Gasteiger partial charge in [-0.2, -0.15) is 0 Å². The van der Waals surface area contributed by atoms with Crippen molar-refractivity contribution in [1.29, 1.82) is 0 Å². The highest BCUT2D eigenvalue weighted by Gasteiger charge is 2.56. The van der Waals surface area contributed by atoms with E-state index >= 15 is 0 Å². The molecule has 1 aliphatic carbocycles. The van der Waals surface area contributed by atoms with E-state index in [1.54, 1.807) is 12.3 Å². The summed E-state index contributed by atoms with van der Waals surface area (Å²) >= 11 is 0. The lowest BCUT2D eigenvalue weighted by molar-refractivity contribution is -0.163. The maximum Gasteiger partial charge on any atom is 0.408 e. The zero-order valence-electron chi connectivity index (χ0n) is 23.8. The van der Waals surface area contributed by atoms with Gasteiger partial charge in [-0.25, -0.2) is 9.78 Å². The largest absolute Gasteiger partial charge is 0.465 e. The lowest BCUT2D eigenvalue weighted by Crippen LogP contribution is -2.71. The van der Waals surface area contributed by atoms with Gasteiger partial charge in [0, 0.05) is 24.0 Å². The van der Waals surface area contributed by atoms with Crippen molar-refractivity contribution in [3.63, 3.8) is 0 Å². The van der Waals surface area contributed by atoms with Crippen molar-refractivity contribution in [1.82, 2.24) is 14.8 Å². The highest BCUT2D eigenvalue weighted by molar-refractivity contribution is 6.06. The van der Waals surface area contributed by atoms with E-state index in [9.17, 15) is 24.3 Å². The number of anilines is 2. The molecule has 3 aromatic rings. The van der Waals surface area contributed by atoms with Gasteiger partial charge in [0.1, 0.15) is 12.4 Å². The summed E-state index contributed by atoms with van der Waals surface area (Å²) < 4.78 is 11.3. The molecule has 12 heteroatoms. The van der Waals surface area contributed by atoms with Crippen LogP contribution in [0.4, 0.5) is 16.3 Å². The summed E-state index contributed by atoms with van der Waals surface area (Å²) in [7, 11) is 0. The number of benzene rings is 2. The first-order valence-electron chi connectivity index (χ1n) is 14.5. The SMILES string of the molecule is O=C(CN1C(=O)C2(COCCOC2)N(C(=O)O)CC1c1ccccc1)Nc1ccc2c(c1)C[C@@]1(C2)C(=O)Nc2ncccc21. The van der Waals surface area contributed by atoms with E-state index in [1.807, 2.05) is 54.6 Å². The van der Waals surface area contributed by atoms with Crippen LogP contribution in [0, 0.1) is 0 Å². The minimum atomic E-state index is -1.61. The molecule has 2 atom stereocenters. The fraction of sp³-hybridized carbons (Fsp3) is 0.344. The van der Waals surface area contributed by atoms with Crippen LogP contribution in [-0.2, 0) is 42.1 Å². The number of pyridine rings is 1. The van der Waals surface area contributed by atoms with Gasteiger partial charge in [-0.3, -0.25) is 19.3 Å². The highest BCUT2D eigenvalue weighted by atomic mass is 16.5. The minimum absolute atomic E-state index is 0.0512. The summed E-state index contributed by atoms with van der Waals surface area (Å²) in [5.41, 5.74) is 1.76. The summed E-state index contributed by atoms with van der Waals surface area (Å²) in [5, 5.41) is 16.0. The normalized spacial score (nSPS) is 23.7. The molecular weight excluding hydrogens is 566 g/mol. The smallest absolute Gasteiger partial charge is 0.408 e. The molecule has 4 aliphatic rings. The quantitative estimate of drug-likeness (QED) is 0.415. The predicted octanol–water partition coefficient (Wildman–Crippen LogP) is 2.36. The Hall–Kier alpha value is -4.81. The molecular formula is C32H31N5O7. The van der Waals surface area contributed by atoms with Crippen LogP contribution < -0.4 is 10.6 Å². The summed E-state index contributed by atoms with van der Waals surface area (Å²) in [6.45, 7) is -0.240. The number of aromatic nitrogens is 1. The van der Waals surface area contributed by atoms with Crippen molar-refractivity contribution >= 4 is 35.3 Å². The molecule has 7 rings (SSSR count). The first-order valence-corrected chi connectivity index (χ1v) is 14.5. The van der Waals surface area contributed by atoms with Gasteiger partial charge < -0.3 is 30.1 Å². The van der Waals surface area contributed by atoms with E-state index in [1.165, 1.54) is 4.90 Å². The van der Waals surface area contributed by atoms with Gasteiger partial charge in [-0.15, -0.1) is 0 Å². The van der Waals surface area contributed by atoms with E-state index in [-0.39, 0.29) is 45.4 Å². The Morgan fingerprint density at radius 3 is 2.50 bits per heavy atom. The fourth-order valence-corrected chi connectivity index (χ4v) is 7.00. The second-order valence-electron chi connectivity index (χ2n) is 11.7. The van der Waals surface area contributed by atoms with Gasteiger partial charge in [-0.1, -0.05) is 42.5 Å². The third kappa shape index (κ3) is 4.49. The number of carboxylic acid groups (broad SMARTS) is 1. The van der Waals surface area contributed by atoms with E-state index < -0.39 is 34.9 Å². The maximum atomic E-state index is 14.2. The standard InChI is InChI=1S/C32H31N5O7/c38-26(34-23-9-8-21-14-31(15-22(21)13-23)24-7-4-10-33-27(24)35-28(31)39)17-36-25(20-5-2-1-3-6-20)16-37(30(41)42)32(29(36)40)18-43-11-12-44-19-32/h1-10,13,25H,11-12,14-19H2,(H,34,38)(H,41,42)(H,33,35,39)/t25?,31-/m1/s1. The summed E-state index contributed by atoms with van der Waals surface area (Å²) in [4.78, 5) is 60.1. The van der Waals surface area contributed by atoms with E-state index in [4.69, 9.17) is 9.47 Å². The molecule has 226 valence electrons. The molecule has 4 heterocycles. The Kier molecular flexibility index (Phi) is 6.82. The van der Waals surface area contributed by atoms with Gasteiger partial charge in [0.25, 0.3) is 5.91 Å². The Morgan fingerprint density at radius 1 is 1.00 bits per heavy atom. The average Bonchev–Trinajstić information content (AvgIpc) is 3.41. The lowest BCUT2D eigenvalue weighted by Gasteiger charge is -2.50. The van der Waals surface area contributed by atoms with Crippen LogP contribution in [0.15, 0.2) is 66.9 Å². The average molecular weight is 598 g/mol. The lowest BCUT2D eigenvalue weighted by atomic mass is 9.79. The molecule has 2 aromatic carbocycles. The van der Waals surface area contributed by atoms with Gasteiger partial charge >= 0.3 is 6.09 Å². The van der Waals surface area contributed by atoms with E-state index in [0.29, 0.717) is 29.9 Å². The van der Waals surface area contributed by atoms with E-state index in [2.05, 4.69) is 15.6 Å². The van der Waals surface area contributed by atoms with E-state index in [0.717, 1.165) is 21.6 Å². The Labute approximate surface area is 253 Å². The molecule has 2 spiro atoms. The third-order valence-electron chi connectivity index (χ3n) is 9.15. The first-order chi connectivity index (χ1) is 21.3. The summed E-state index contributed by atoms with van der Waals surface area (Å²) in [6.07, 6.45) is 1.40. The van der Waals surface area contributed by atoms with Crippen LogP contribution in [0.1, 0.15) is 28.3 Å². The van der Waals surface area contributed by atoms with Crippen molar-refractivity contribution in [3.05, 3.63) is 89.1 Å². The molecule has 3 N–H and O–H groups in total. The summed E-state index contributed by atoms with van der Waals surface area (Å²) in [5.74, 6) is -0.483. The van der Waals surface area contributed by atoms with Crippen LogP contribution in [0.2, 0.25) is 0 Å². The van der Waals surface area contributed by atoms with Crippen LogP contribution in [0.5, 0.6) is 0 Å². The minimum Gasteiger partial charge on any atom is -0.465 e. The molecule has 4 amide bonds. The number of nitrogens with zero attached hydrogens (tertiary/aromatic N) is 3. The highest BCUT2D eigenvalue weighted by Crippen LogP contribution is 2.47. The van der Waals surface area contributed by atoms with Crippen molar-refractivity contribution < 1.29 is 33.8 Å². The Morgan fingerprint density at radius 2 is 1.75 bits per heavy atom. The fourth-order valence-electron chi connectivity index (χ4n) is 7.00. The van der Waals surface area contributed by atoms with Crippen molar-refractivity contribution in [3.8, 4) is 0 Å². The summed E-state index contributed by atoms with van der Waals surface area (Å²) in [6, 6.07) is 17.7. The first kappa shape index (κ1) is 28.0. The molecule has 3 aliphatic heterocycles. The maximum absolute atomic E-state index is 14.2. The molecule has 1 unspecified atom stereocenters. The zero-order valence-corrected chi connectivity index (χ0v) is 23.8. The number of hydrogen-bond donors (Lipinski definition) is 3. The van der Waals surface area contributed by atoms with Crippen LogP contribution in [0.3, 0.4) is 0 Å².